The largest absolute Gasteiger partial charge is 0.463 e. The molecule has 0 aliphatic heterocycles. The topological polar surface area (TPSA) is 72.8 Å². The smallest absolute Gasteiger partial charge is 0.305 e. The number of unbranched alkanes of at least 4 members (excludes halogenated alkanes) is 10. The molecular formula is C29H56O5. The van der Waals surface area contributed by atoms with Crippen molar-refractivity contribution >= 4 is 11.9 Å². The second-order valence-corrected chi connectivity index (χ2v) is 10.4. The Balaban J connectivity index is 3.49. The summed E-state index contributed by atoms with van der Waals surface area (Å²) in [5.41, 5.74) is 0. The fraction of sp³-hybridized carbons (Fsp3) is 0.931. The zero-order valence-electron chi connectivity index (χ0n) is 23.0. The lowest BCUT2D eigenvalue weighted by Crippen LogP contribution is -2.25. The van der Waals surface area contributed by atoms with E-state index in [1.54, 1.807) is 0 Å². The molecule has 0 bridgehead atoms. The first-order valence-electron chi connectivity index (χ1n) is 14.4. The van der Waals surface area contributed by atoms with Gasteiger partial charge in [0.2, 0.25) is 0 Å². The highest BCUT2D eigenvalue weighted by molar-refractivity contribution is 5.69. The van der Waals surface area contributed by atoms with Crippen LogP contribution >= 0.6 is 0 Å². The highest BCUT2D eigenvalue weighted by Gasteiger charge is 2.12. The van der Waals surface area contributed by atoms with Crippen molar-refractivity contribution in [2.24, 2.45) is 11.8 Å². The number of hydrogen-bond acceptors (Lipinski definition) is 5. The average Bonchev–Trinajstić information content (AvgIpc) is 2.84. The Morgan fingerprint density at radius 1 is 0.588 bits per heavy atom. The number of ether oxygens (including phenoxy) is 2. The maximum absolute atomic E-state index is 11.8. The second-order valence-electron chi connectivity index (χ2n) is 10.4. The minimum absolute atomic E-state index is 0.113. The van der Waals surface area contributed by atoms with E-state index in [2.05, 4.69) is 27.7 Å². The summed E-state index contributed by atoms with van der Waals surface area (Å²) in [6, 6.07) is 0. The summed E-state index contributed by atoms with van der Waals surface area (Å²) in [6.07, 6.45) is 18.6. The number of rotatable bonds is 24. The van der Waals surface area contributed by atoms with Crippen molar-refractivity contribution in [3.05, 3.63) is 0 Å². The van der Waals surface area contributed by atoms with Crippen LogP contribution < -0.4 is 0 Å². The van der Waals surface area contributed by atoms with Gasteiger partial charge in [0, 0.05) is 12.8 Å². The van der Waals surface area contributed by atoms with E-state index in [1.165, 1.54) is 64.2 Å². The molecule has 0 aromatic rings. The van der Waals surface area contributed by atoms with Gasteiger partial charge in [-0.15, -0.1) is 0 Å². The van der Waals surface area contributed by atoms with Crippen LogP contribution in [0.5, 0.6) is 0 Å². The van der Waals surface area contributed by atoms with Gasteiger partial charge in [0.05, 0.1) is 0 Å². The lowest BCUT2D eigenvalue weighted by molar-refractivity contribution is -0.152. The highest BCUT2D eigenvalue weighted by atomic mass is 16.6. The zero-order chi connectivity index (χ0) is 25.4. The number of aliphatic hydroxyl groups is 1. The van der Waals surface area contributed by atoms with Gasteiger partial charge in [-0.3, -0.25) is 9.59 Å². The lowest BCUT2D eigenvalue weighted by Gasteiger charge is -2.12. The average molecular weight is 485 g/mol. The molecule has 0 aliphatic rings. The number of carbonyl (C=O) groups is 2. The standard InChI is InChI=1S/C29H56O5/c1-5-25(3)19-15-11-7-9-13-17-21-28(31)33-23-27(30)24-34-29(32)22-18-14-10-8-12-16-20-26(4)6-2/h25-27,30H,5-24H2,1-4H3. The molecule has 5 heteroatoms. The van der Waals surface area contributed by atoms with Crippen LogP contribution in [0.3, 0.4) is 0 Å². The van der Waals surface area contributed by atoms with Crippen LogP contribution in [0.15, 0.2) is 0 Å². The van der Waals surface area contributed by atoms with Crippen molar-refractivity contribution in [1.29, 1.82) is 0 Å². The number of hydrogen-bond donors (Lipinski definition) is 1. The van der Waals surface area contributed by atoms with Crippen molar-refractivity contribution in [1.82, 2.24) is 0 Å². The van der Waals surface area contributed by atoms with Crippen molar-refractivity contribution in [3.63, 3.8) is 0 Å². The van der Waals surface area contributed by atoms with Crippen LogP contribution in [-0.2, 0) is 19.1 Å². The third-order valence-corrected chi connectivity index (χ3v) is 6.92. The van der Waals surface area contributed by atoms with Crippen LogP contribution in [0.25, 0.3) is 0 Å². The molecule has 0 spiro atoms. The molecule has 0 saturated carbocycles. The first kappa shape index (κ1) is 32.9. The van der Waals surface area contributed by atoms with E-state index in [4.69, 9.17) is 9.47 Å². The normalized spacial score (nSPS) is 13.9. The van der Waals surface area contributed by atoms with Gasteiger partial charge in [-0.25, -0.2) is 0 Å². The molecule has 0 rings (SSSR count). The molecular weight excluding hydrogens is 428 g/mol. The van der Waals surface area contributed by atoms with Crippen LogP contribution in [-0.4, -0.2) is 36.4 Å². The summed E-state index contributed by atoms with van der Waals surface area (Å²) in [5, 5.41) is 9.89. The minimum Gasteiger partial charge on any atom is -0.463 e. The van der Waals surface area contributed by atoms with Crippen molar-refractivity contribution in [3.8, 4) is 0 Å². The van der Waals surface area contributed by atoms with Gasteiger partial charge < -0.3 is 14.6 Å². The molecule has 5 nitrogen and oxygen atoms in total. The summed E-state index contributed by atoms with van der Waals surface area (Å²) >= 11 is 0. The van der Waals surface area contributed by atoms with E-state index in [9.17, 15) is 14.7 Å². The molecule has 202 valence electrons. The van der Waals surface area contributed by atoms with Crippen LogP contribution in [0.4, 0.5) is 0 Å². The van der Waals surface area contributed by atoms with Gasteiger partial charge in [-0.1, -0.05) is 118 Å². The van der Waals surface area contributed by atoms with E-state index in [1.807, 2.05) is 0 Å². The zero-order valence-corrected chi connectivity index (χ0v) is 23.0. The van der Waals surface area contributed by atoms with E-state index >= 15 is 0 Å². The van der Waals surface area contributed by atoms with Gasteiger partial charge in [0.15, 0.2) is 0 Å². The predicted octanol–water partition coefficient (Wildman–Crippen LogP) is 7.77. The second kappa shape index (κ2) is 23.6. The molecule has 0 aromatic carbocycles. The molecule has 0 radical (unpaired) electrons. The lowest BCUT2D eigenvalue weighted by atomic mass is 10.00. The van der Waals surface area contributed by atoms with E-state index in [-0.39, 0.29) is 25.2 Å². The molecule has 0 aliphatic carbocycles. The Bertz CT molecular complexity index is 437. The quantitative estimate of drug-likeness (QED) is 0.112. The molecule has 0 saturated heterocycles. The Morgan fingerprint density at radius 2 is 0.912 bits per heavy atom. The first-order valence-corrected chi connectivity index (χ1v) is 14.4. The Morgan fingerprint density at radius 3 is 1.26 bits per heavy atom. The first-order chi connectivity index (χ1) is 16.4. The van der Waals surface area contributed by atoms with Gasteiger partial charge in [0.1, 0.15) is 19.3 Å². The minimum atomic E-state index is -0.955. The van der Waals surface area contributed by atoms with Crippen LogP contribution in [0, 0.1) is 11.8 Å². The summed E-state index contributed by atoms with van der Waals surface area (Å²) in [5.74, 6) is 1.09. The summed E-state index contributed by atoms with van der Waals surface area (Å²) < 4.78 is 10.2. The van der Waals surface area contributed by atoms with E-state index in [0.717, 1.165) is 50.4 Å². The monoisotopic (exact) mass is 484 g/mol. The van der Waals surface area contributed by atoms with Crippen LogP contribution in [0.1, 0.15) is 143 Å². The SMILES string of the molecule is CCC(C)CCCCCCCCC(=O)OCC(O)COC(=O)CCCCCCCCC(C)CC. The van der Waals surface area contributed by atoms with Gasteiger partial charge in [-0.05, 0) is 24.7 Å². The molecule has 0 aromatic heterocycles. The number of carbonyl (C=O) groups excluding carboxylic acids is 2. The van der Waals surface area contributed by atoms with Gasteiger partial charge in [-0.2, -0.15) is 0 Å². The van der Waals surface area contributed by atoms with Gasteiger partial charge in [0.25, 0.3) is 0 Å². The molecule has 2 unspecified atom stereocenters. The molecule has 0 heterocycles. The fourth-order valence-electron chi connectivity index (χ4n) is 3.92. The Kier molecular flexibility index (Phi) is 22.9. The summed E-state index contributed by atoms with van der Waals surface area (Å²) in [6.45, 7) is 8.89. The van der Waals surface area contributed by atoms with E-state index in [0.29, 0.717) is 12.8 Å². The predicted molar refractivity (Wildman–Crippen MR) is 141 cm³/mol. The summed E-state index contributed by atoms with van der Waals surface area (Å²) in [7, 11) is 0. The third-order valence-electron chi connectivity index (χ3n) is 6.92. The van der Waals surface area contributed by atoms with Gasteiger partial charge >= 0.3 is 11.9 Å². The van der Waals surface area contributed by atoms with Crippen molar-refractivity contribution < 1.29 is 24.2 Å². The highest BCUT2D eigenvalue weighted by Crippen LogP contribution is 2.15. The molecule has 0 fully saturated rings. The fourth-order valence-corrected chi connectivity index (χ4v) is 3.92. The third kappa shape index (κ3) is 22.7. The van der Waals surface area contributed by atoms with Crippen molar-refractivity contribution in [2.75, 3.05) is 13.2 Å². The molecule has 34 heavy (non-hydrogen) atoms. The Hall–Kier alpha value is -1.10. The summed E-state index contributed by atoms with van der Waals surface area (Å²) in [4.78, 5) is 23.6. The Labute approximate surface area is 210 Å². The molecule has 2 atom stereocenters. The van der Waals surface area contributed by atoms with Crippen molar-refractivity contribution in [2.45, 2.75) is 149 Å². The maximum Gasteiger partial charge on any atom is 0.305 e. The molecule has 0 amide bonds. The van der Waals surface area contributed by atoms with E-state index < -0.39 is 6.10 Å². The van der Waals surface area contributed by atoms with Crippen LogP contribution in [0.2, 0.25) is 0 Å². The number of esters is 2. The maximum atomic E-state index is 11.8. The molecule has 1 N–H and O–H groups in total. The number of aliphatic hydroxyl groups excluding tert-OH is 1.